The summed E-state index contributed by atoms with van der Waals surface area (Å²) in [5.74, 6) is -0.673. The smallest absolute Gasteiger partial charge is 0.311 e. The third-order valence-electron chi connectivity index (χ3n) is 6.37. The highest BCUT2D eigenvalue weighted by molar-refractivity contribution is 5.82. The maximum absolute atomic E-state index is 12.8. The summed E-state index contributed by atoms with van der Waals surface area (Å²) < 4.78 is 1.89. The molecule has 1 amide bonds. The third kappa shape index (κ3) is 2.34. The van der Waals surface area contributed by atoms with Crippen LogP contribution in [0.15, 0.2) is 0 Å². The molecule has 3 atom stereocenters. The molecule has 132 valence electrons. The van der Waals surface area contributed by atoms with Crippen LogP contribution in [0.1, 0.15) is 56.0 Å². The van der Waals surface area contributed by atoms with Crippen LogP contribution < -0.4 is 0 Å². The first-order chi connectivity index (χ1) is 11.3. The summed E-state index contributed by atoms with van der Waals surface area (Å²) in [6.07, 6.45) is 3.33. The molecule has 1 aromatic heterocycles. The van der Waals surface area contributed by atoms with Crippen molar-refractivity contribution < 1.29 is 14.7 Å². The van der Waals surface area contributed by atoms with E-state index in [4.69, 9.17) is 0 Å². The number of hydrogen-bond acceptors (Lipinski definition) is 3. The number of aryl methyl sites for hydroxylation is 2. The van der Waals surface area contributed by atoms with Crippen LogP contribution >= 0.6 is 0 Å². The van der Waals surface area contributed by atoms with Crippen LogP contribution in [0.25, 0.3) is 0 Å². The summed E-state index contributed by atoms with van der Waals surface area (Å²) in [7, 11) is 0. The SMILES string of the molecule is CC[C@@]1(C(=O)O)C[C@@H]2CC[C@H]1N2C(=O)CCn1nc(C)c(C)c1C. The second-order valence-corrected chi connectivity index (χ2v) is 7.34. The Balaban J connectivity index is 1.72. The first kappa shape index (κ1) is 17.0. The number of aromatic nitrogens is 2. The van der Waals surface area contributed by atoms with E-state index in [1.807, 2.05) is 37.3 Å². The molecule has 2 saturated heterocycles. The zero-order valence-corrected chi connectivity index (χ0v) is 15.0. The zero-order valence-electron chi connectivity index (χ0n) is 15.0. The van der Waals surface area contributed by atoms with Gasteiger partial charge in [-0.15, -0.1) is 0 Å². The molecule has 6 nitrogen and oxygen atoms in total. The van der Waals surface area contributed by atoms with Gasteiger partial charge in [-0.2, -0.15) is 5.10 Å². The molecule has 1 aromatic rings. The van der Waals surface area contributed by atoms with Gasteiger partial charge in [0.1, 0.15) is 0 Å². The van der Waals surface area contributed by atoms with Gasteiger partial charge in [-0.1, -0.05) is 6.92 Å². The van der Waals surface area contributed by atoms with Crippen LogP contribution in [-0.4, -0.2) is 43.7 Å². The summed E-state index contributed by atoms with van der Waals surface area (Å²) in [5.41, 5.74) is 2.52. The van der Waals surface area contributed by atoms with Gasteiger partial charge in [0, 0.05) is 30.7 Å². The maximum Gasteiger partial charge on any atom is 0.311 e. The molecule has 2 aliphatic heterocycles. The number of rotatable bonds is 5. The Hall–Kier alpha value is -1.85. The number of aliphatic carboxylic acids is 1. The van der Waals surface area contributed by atoms with Gasteiger partial charge in [0.2, 0.25) is 5.91 Å². The predicted molar refractivity (Wildman–Crippen MR) is 89.7 cm³/mol. The van der Waals surface area contributed by atoms with E-state index in [0.29, 0.717) is 25.8 Å². The van der Waals surface area contributed by atoms with E-state index in [0.717, 1.165) is 24.2 Å². The van der Waals surface area contributed by atoms with E-state index in [9.17, 15) is 14.7 Å². The highest BCUT2D eigenvalue weighted by Gasteiger charge is 2.60. The number of amides is 1. The average Bonchev–Trinajstić information content (AvgIpc) is 3.19. The lowest BCUT2D eigenvalue weighted by atomic mass is 9.72. The Labute approximate surface area is 142 Å². The quantitative estimate of drug-likeness (QED) is 0.898. The van der Waals surface area contributed by atoms with Crippen LogP contribution in [0.4, 0.5) is 0 Å². The van der Waals surface area contributed by atoms with Crippen molar-refractivity contribution in [2.24, 2.45) is 5.41 Å². The van der Waals surface area contributed by atoms with Crippen molar-refractivity contribution >= 4 is 11.9 Å². The van der Waals surface area contributed by atoms with Crippen LogP contribution in [0.2, 0.25) is 0 Å². The summed E-state index contributed by atoms with van der Waals surface area (Å²) in [4.78, 5) is 26.5. The van der Waals surface area contributed by atoms with Crippen LogP contribution in [0.3, 0.4) is 0 Å². The minimum atomic E-state index is -0.746. The summed E-state index contributed by atoms with van der Waals surface area (Å²) in [5, 5.41) is 14.2. The summed E-state index contributed by atoms with van der Waals surface area (Å²) in [6.45, 7) is 8.52. The molecule has 0 unspecified atom stereocenters. The first-order valence-corrected chi connectivity index (χ1v) is 8.87. The van der Waals surface area contributed by atoms with Crippen molar-refractivity contribution in [2.75, 3.05) is 0 Å². The van der Waals surface area contributed by atoms with Gasteiger partial charge in [0.05, 0.1) is 11.1 Å². The van der Waals surface area contributed by atoms with Crippen LogP contribution in [-0.2, 0) is 16.1 Å². The van der Waals surface area contributed by atoms with E-state index in [2.05, 4.69) is 5.10 Å². The van der Waals surface area contributed by atoms with Gasteiger partial charge >= 0.3 is 5.97 Å². The molecule has 3 heterocycles. The Kier molecular flexibility index (Phi) is 4.18. The fourth-order valence-electron chi connectivity index (χ4n) is 4.66. The second-order valence-electron chi connectivity index (χ2n) is 7.34. The van der Waals surface area contributed by atoms with E-state index in [1.54, 1.807) is 0 Å². The van der Waals surface area contributed by atoms with Crippen molar-refractivity contribution in [1.29, 1.82) is 0 Å². The predicted octanol–water partition coefficient (Wildman–Crippen LogP) is 2.44. The highest BCUT2D eigenvalue weighted by atomic mass is 16.4. The minimum Gasteiger partial charge on any atom is -0.481 e. The lowest BCUT2D eigenvalue weighted by Crippen LogP contribution is -2.44. The number of nitrogens with zero attached hydrogens (tertiary/aromatic N) is 3. The van der Waals surface area contributed by atoms with Gasteiger partial charge in [0.25, 0.3) is 0 Å². The van der Waals surface area contributed by atoms with Gasteiger partial charge in [-0.05, 0) is 52.0 Å². The van der Waals surface area contributed by atoms with Crippen molar-refractivity contribution in [2.45, 2.75) is 78.4 Å². The third-order valence-corrected chi connectivity index (χ3v) is 6.37. The van der Waals surface area contributed by atoms with Crippen molar-refractivity contribution in [1.82, 2.24) is 14.7 Å². The van der Waals surface area contributed by atoms with Crippen molar-refractivity contribution in [3.63, 3.8) is 0 Å². The lowest BCUT2D eigenvalue weighted by Gasteiger charge is -2.32. The molecule has 1 N–H and O–H groups in total. The molecule has 0 saturated carbocycles. The number of carboxylic acids is 1. The van der Waals surface area contributed by atoms with E-state index in [-0.39, 0.29) is 18.0 Å². The van der Waals surface area contributed by atoms with Crippen LogP contribution in [0, 0.1) is 26.2 Å². The highest BCUT2D eigenvalue weighted by Crippen LogP contribution is 2.52. The average molecular weight is 333 g/mol. The monoisotopic (exact) mass is 333 g/mol. The van der Waals surface area contributed by atoms with Crippen LogP contribution in [0.5, 0.6) is 0 Å². The Bertz CT molecular complexity index is 681. The van der Waals surface area contributed by atoms with Gasteiger partial charge < -0.3 is 10.0 Å². The largest absolute Gasteiger partial charge is 0.481 e. The molecule has 3 rings (SSSR count). The van der Waals surface area contributed by atoms with E-state index < -0.39 is 11.4 Å². The Morgan fingerprint density at radius 3 is 2.50 bits per heavy atom. The number of carbonyl (C=O) groups excluding carboxylic acids is 1. The minimum absolute atomic E-state index is 0.0734. The Morgan fingerprint density at radius 1 is 1.29 bits per heavy atom. The normalized spacial score (nSPS) is 28.6. The van der Waals surface area contributed by atoms with Gasteiger partial charge in [-0.25, -0.2) is 0 Å². The Morgan fingerprint density at radius 2 is 2.00 bits per heavy atom. The van der Waals surface area contributed by atoms with E-state index in [1.165, 1.54) is 5.56 Å². The molecule has 2 bridgehead atoms. The number of carbonyl (C=O) groups is 2. The second kappa shape index (κ2) is 5.90. The fraction of sp³-hybridized carbons (Fsp3) is 0.722. The van der Waals surface area contributed by atoms with Crippen molar-refractivity contribution in [3.05, 3.63) is 17.0 Å². The standard InChI is InChI=1S/C18H27N3O3/c1-5-18(17(23)24)10-14-6-7-15(18)21(14)16(22)8-9-20-13(4)11(2)12(3)19-20/h14-15H,5-10H2,1-4H3,(H,23,24)/t14-,15+,18+/m0/s1. The molecule has 0 aliphatic carbocycles. The molecule has 24 heavy (non-hydrogen) atoms. The fourth-order valence-corrected chi connectivity index (χ4v) is 4.66. The van der Waals surface area contributed by atoms with Gasteiger partial charge in [0.15, 0.2) is 0 Å². The molecular weight excluding hydrogens is 306 g/mol. The summed E-state index contributed by atoms with van der Waals surface area (Å²) >= 11 is 0. The molecule has 0 radical (unpaired) electrons. The van der Waals surface area contributed by atoms with Gasteiger partial charge in [-0.3, -0.25) is 14.3 Å². The number of carboxylic acid groups (broad SMARTS) is 1. The van der Waals surface area contributed by atoms with Crippen molar-refractivity contribution in [3.8, 4) is 0 Å². The maximum atomic E-state index is 12.8. The first-order valence-electron chi connectivity index (χ1n) is 8.87. The van der Waals surface area contributed by atoms with E-state index >= 15 is 0 Å². The zero-order chi connectivity index (χ0) is 17.6. The molecular formula is C18H27N3O3. The number of hydrogen-bond donors (Lipinski definition) is 1. The number of fused-ring (bicyclic) bond motifs is 2. The molecule has 0 spiro atoms. The molecule has 6 heteroatoms. The molecule has 2 aliphatic rings. The lowest BCUT2D eigenvalue weighted by molar-refractivity contribution is -0.151. The topological polar surface area (TPSA) is 75.4 Å². The summed E-state index contributed by atoms with van der Waals surface area (Å²) in [6, 6.07) is -0.0413. The molecule has 2 fully saturated rings. The molecule has 0 aromatic carbocycles.